The first-order valence-corrected chi connectivity index (χ1v) is 6.82. The summed E-state index contributed by atoms with van der Waals surface area (Å²) in [5.74, 6) is 1.25. The Morgan fingerprint density at radius 2 is 2.12 bits per heavy atom. The zero-order chi connectivity index (χ0) is 13.1. The number of carbonyl (C=O) groups excluding carboxylic acids is 1. The van der Waals surface area contributed by atoms with Crippen molar-refractivity contribution in [2.45, 2.75) is 47.0 Å². The van der Waals surface area contributed by atoms with Crippen molar-refractivity contribution >= 4 is 5.91 Å². The third-order valence-electron chi connectivity index (χ3n) is 4.16. The summed E-state index contributed by atoms with van der Waals surface area (Å²) in [6, 6.07) is 0. The molecule has 0 bridgehead atoms. The van der Waals surface area contributed by atoms with Crippen molar-refractivity contribution in [1.29, 1.82) is 0 Å². The molecular weight excluding hydrogens is 212 g/mol. The van der Waals surface area contributed by atoms with Gasteiger partial charge < -0.3 is 10.6 Å². The summed E-state index contributed by atoms with van der Waals surface area (Å²) >= 11 is 0. The molecule has 2 atom stereocenters. The molecule has 0 saturated carbocycles. The first-order valence-electron chi connectivity index (χ1n) is 6.82. The molecule has 2 unspecified atom stereocenters. The Bertz CT molecular complexity index is 257. The van der Waals surface area contributed by atoms with Crippen molar-refractivity contribution in [3.63, 3.8) is 0 Å². The quantitative estimate of drug-likeness (QED) is 0.822. The highest BCUT2D eigenvalue weighted by Gasteiger charge is 2.27. The van der Waals surface area contributed by atoms with E-state index in [4.69, 9.17) is 5.73 Å². The van der Waals surface area contributed by atoms with E-state index in [2.05, 4.69) is 27.7 Å². The van der Waals surface area contributed by atoms with Gasteiger partial charge in [-0.05, 0) is 36.6 Å². The van der Waals surface area contributed by atoms with Gasteiger partial charge in [0.2, 0.25) is 5.91 Å². The number of nitrogens with zero attached hydrogens (tertiary/aromatic N) is 1. The van der Waals surface area contributed by atoms with E-state index in [-0.39, 0.29) is 5.41 Å². The van der Waals surface area contributed by atoms with Gasteiger partial charge in [-0.25, -0.2) is 0 Å². The molecule has 0 spiro atoms. The lowest BCUT2D eigenvalue weighted by Gasteiger charge is -2.34. The molecule has 100 valence electrons. The van der Waals surface area contributed by atoms with E-state index in [1.165, 1.54) is 6.42 Å². The third-order valence-corrected chi connectivity index (χ3v) is 4.16. The fourth-order valence-electron chi connectivity index (χ4n) is 2.18. The standard InChI is InChI=1S/C14H28N2O/c1-11(14(2,3)4)8-13(17)16-7-5-6-12(9-15)10-16/h11-12H,5-10,15H2,1-4H3. The SMILES string of the molecule is CC(CC(=O)N1CCCC(CN)C1)C(C)(C)C. The molecule has 0 aromatic carbocycles. The number of hydrogen-bond acceptors (Lipinski definition) is 2. The Balaban J connectivity index is 2.47. The zero-order valence-corrected chi connectivity index (χ0v) is 11.8. The molecule has 1 amide bonds. The monoisotopic (exact) mass is 240 g/mol. The molecule has 1 fully saturated rings. The summed E-state index contributed by atoms with van der Waals surface area (Å²) < 4.78 is 0. The van der Waals surface area contributed by atoms with Crippen LogP contribution in [0.15, 0.2) is 0 Å². The van der Waals surface area contributed by atoms with Crippen LogP contribution in [0, 0.1) is 17.3 Å². The largest absolute Gasteiger partial charge is 0.342 e. The van der Waals surface area contributed by atoms with Gasteiger partial charge in [-0.2, -0.15) is 0 Å². The predicted octanol–water partition coefficient (Wildman–Crippen LogP) is 2.26. The average molecular weight is 240 g/mol. The van der Waals surface area contributed by atoms with Crippen LogP contribution in [0.25, 0.3) is 0 Å². The second kappa shape index (κ2) is 5.85. The molecule has 0 aromatic rings. The highest BCUT2D eigenvalue weighted by molar-refractivity contribution is 5.76. The van der Waals surface area contributed by atoms with Gasteiger partial charge in [0.15, 0.2) is 0 Å². The van der Waals surface area contributed by atoms with Crippen LogP contribution in [0.1, 0.15) is 47.0 Å². The van der Waals surface area contributed by atoms with Gasteiger partial charge in [-0.15, -0.1) is 0 Å². The summed E-state index contributed by atoms with van der Waals surface area (Å²) in [7, 11) is 0. The molecule has 3 nitrogen and oxygen atoms in total. The second-order valence-electron chi connectivity index (χ2n) is 6.55. The Morgan fingerprint density at radius 3 is 2.65 bits per heavy atom. The Labute approximate surface area is 106 Å². The van der Waals surface area contributed by atoms with Crippen molar-refractivity contribution in [2.75, 3.05) is 19.6 Å². The summed E-state index contributed by atoms with van der Waals surface area (Å²) in [6.45, 7) is 11.3. The molecule has 1 saturated heterocycles. The van der Waals surface area contributed by atoms with E-state index in [1.54, 1.807) is 0 Å². The van der Waals surface area contributed by atoms with Gasteiger partial charge >= 0.3 is 0 Å². The Hall–Kier alpha value is -0.570. The lowest BCUT2D eigenvalue weighted by molar-refractivity contribution is -0.134. The minimum absolute atomic E-state index is 0.207. The number of hydrogen-bond donors (Lipinski definition) is 1. The smallest absolute Gasteiger partial charge is 0.222 e. The maximum absolute atomic E-state index is 12.2. The predicted molar refractivity (Wildman–Crippen MR) is 71.6 cm³/mol. The maximum atomic E-state index is 12.2. The van der Waals surface area contributed by atoms with Gasteiger partial charge in [0.05, 0.1) is 0 Å². The number of piperidine rings is 1. The lowest BCUT2D eigenvalue weighted by Crippen LogP contribution is -2.43. The summed E-state index contributed by atoms with van der Waals surface area (Å²) in [5.41, 5.74) is 5.91. The summed E-state index contributed by atoms with van der Waals surface area (Å²) in [6.07, 6.45) is 2.95. The first kappa shape index (κ1) is 14.5. The van der Waals surface area contributed by atoms with Gasteiger partial charge in [0.1, 0.15) is 0 Å². The molecule has 1 aliphatic heterocycles. The van der Waals surface area contributed by atoms with Crippen LogP contribution < -0.4 is 5.73 Å². The highest BCUT2D eigenvalue weighted by atomic mass is 16.2. The van der Waals surface area contributed by atoms with Crippen molar-refractivity contribution in [2.24, 2.45) is 23.0 Å². The van der Waals surface area contributed by atoms with Crippen LogP contribution in [0.5, 0.6) is 0 Å². The van der Waals surface area contributed by atoms with Crippen LogP contribution >= 0.6 is 0 Å². The number of rotatable bonds is 3. The zero-order valence-electron chi connectivity index (χ0n) is 11.8. The minimum Gasteiger partial charge on any atom is -0.342 e. The number of amides is 1. The number of likely N-dealkylation sites (tertiary alicyclic amines) is 1. The average Bonchev–Trinajstić information content (AvgIpc) is 2.27. The van der Waals surface area contributed by atoms with E-state index >= 15 is 0 Å². The summed E-state index contributed by atoms with van der Waals surface area (Å²) in [5, 5.41) is 0. The number of carbonyl (C=O) groups is 1. The van der Waals surface area contributed by atoms with Crippen LogP contribution in [0.4, 0.5) is 0 Å². The van der Waals surface area contributed by atoms with Gasteiger partial charge in [0.25, 0.3) is 0 Å². The molecule has 1 heterocycles. The van der Waals surface area contributed by atoms with Crippen LogP contribution in [0.3, 0.4) is 0 Å². The van der Waals surface area contributed by atoms with E-state index in [1.807, 2.05) is 4.90 Å². The van der Waals surface area contributed by atoms with E-state index < -0.39 is 0 Å². The summed E-state index contributed by atoms with van der Waals surface area (Å²) in [4.78, 5) is 14.2. The Morgan fingerprint density at radius 1 is 1.47 bits per heavy atom. The van der Waals surface area contributed by atoms with Gasteiger partial charge in [-0.1, -0.05) is 27.7 Å². The normalized spacial score (nSPS) is 23.6. The molecule has 1 rings (SSSR count). The topological polar surface area (TPSA) is 46.3 Å². The molecule has 1 aliphatic rings. The molecule has 0 aliphatic carbocycles. The van der Waals surface area contributed by atoms with Crippen LogP contribution in [-0.4, -0.2) is 30.4 Å². The molecule has 0 radical (unpaired) electrons. The van der Waals surface area contributed by atoms with E-state index in [0.717, 1.165) is 19.5 Å². The van der Waals surface area contributed by atoms with E-state index in [9.17, 15) is 4.79 Å². The van der Waals surface area contributed by atoms with Crippen LogP contribution in [-0.2, 0) is 4.79 Å². The second-order valence-corrected chi connectivity index (χ2v) is 6.55. The fourth-order valence-corrected chi connectivity index (χ4v) is 2.18. The van der Waals surface area contributed by atoms with Gasteiger partial charge in [0, 0.05) is 19.5 Å². The van der Waals surface area contributed by atoms with Crippen molar-refractivity contribution in [1.82, 2.24) is 4.90 Å². The maximum Gasteiger partial charge on any atom is 0.222 e. The lowest BCUT2D eigenvalue weighted by atomic mass is 9.80. The molecule has 0 aromatic heterocycles. The van der Waals surface area contributed by atoms with Crippen LogP contribution in [0.2, 0.25) is 0 Å². The first-order chi connectivity index (χ1) is 7.84. The highest BCUT2D eigenvalue weighted by Crippen LogP contribution is 2.29. The van der Waals surface area contributed by atoms with Crippen molar-refractivity contribution < 1.29 is 4.79 Å². The van der Waals surface area contributed by atoms with Crippen molar-refractivity contribution in [3.05, 3.63) is 0 Å². The fraction of sp³-hybridized carbons (Fsp3) is 0.929. The Kier molecular flexibility index (Phi) is 4.99. The molecule has 17 heavy (non-hydrogen) atoms. The molecule has 2 N–H and O–H groups in total. The van der Waals surface area contributed by atoms with Crippen molar-refractivity contribution in [3.8, 4) is 0 Å². The third kappa shape index (κ3) is 4.30. The van der Waals surface area contributed by atoms with E-state index in [0.29, 0.717) is 30.7 Å². The molecule has 3 heteroatoms. The number of nitrogens with two attached hydrogens (primary N) is 1. The minimum atomic E-state index is 0.207. The van der Waals surface area contributed by atoms with Gasteiger partial charge in [-0.3, -0.25) is 4.79 Å². The molecular formula is C14H28N2O.